The molecule has 2 N–H and O–H groups in total. The van der Waals surface area contributed by atoms with Crippen molar-refractivity contribution in [1.82, 2.24) is 10.6 Å². The average Bonchev–Trinajstić information content (AvgIpc) is 3.22. The lowest BCUT2D eigenvalue weighted by Crippen LogP contribution is -2.49. The largest absolute Gasteiger partial charge is 0.467 e. The summed E-state index contributed by atoms with van der Waals surface area (Å²) < 4.78 is 15.4. The van der Waals surface area contributed by atoms with E-state index in [1.54, 1.807) is 0 Å². The van der Waals surface area contributed by atoms with E-state index in [1.807, 2.05) is 78.9 Å². The zero-order valence-electron chi connectivity index (χ0n) is 19.2. The van der Waals surface area contributed by atoms with Gasteiger partial charge in [0, 0.05) is 5.92 Å². The fourth-order valence-corrected chi connectivity index (χ4v) is 4.08. The molecule has 8 heteroatoms. The van der Waals surface area contributed by atoms with Gasteiger partial charge in [0.25, 0.3) is 0 Å². The summed E-state index contributed by atoms with van der Waals surface area (Å²) in [6.45, 7) is -0.0415. The Balaban J connectivity index is 1.31. The summed E-state index contributed by atoms with van der Waals surface area (Å²) in [5.41, 5.74) is 5.21. The number of rotatable bonds is 8. The van der Waals surface area contributed by atoms with Crippen LogP contribution in [-0.4, -0.2) is 44.5 Å². The molecule has 1 aliphatic rings. The van der Waals surface area contributed by atoms with Crippen molar-refractivity contribution >= 4 is 18.2 Å². The molecule has 3 aromatic carbocycles. The van der Waals surface area contributed by atoms with Gasteiger partial charge in [-0.05, 0) is 27.8 Å². The topological polar surface area (TPSA) is 103 Å². The zero-order valence-corrected chi connectivity index (χ0v) is 19.2. The molecule has 0 bridgehead atoms. The minimum Gasteiger partial charge on any atom is -0.467 e. The van der Waals surface area contributed by atoms with Crippen molar-refractivity contribution in [3.63, 3.8) is 0 Å². The van der Waals surface area contributed by atoms with Crippen molar-refractivity contribution in [2.24, 2.45) is 0 Å². The normalized spacial score (nSPS) is 12.6. The van der Waals surface area contributed by atoms with E-state index in [-0.39, 0.29) is 25.7 Å². The third kappa shape index (κ3) is 5.78. The van der Waals surface area contributed by atoms with Gasteiger partial charge in [-0.1, -0.05) is 78.9 Å². The van der Waals surface area contributed by atoms with Crippen LogP contribution in [0.4, 0.5) is 9.59 Å². The number of hydrogen-bond acceptors (Lipinski definition) is 6. The van der Waals surface area contributed by atoms with Crippen LogP contribution in [0.25, 0.3) is 11.1 Å². The predicted octanol–water partition coefficient (Wildman–Crippen LogP) is 3.99. The molecule has 0 saturated heterocycles. The van der Waals surface area contributed by atoms with E-state index in [1.165, 1.54) is 7.11 Å². The van der Waals surface area contributed by atoms with Gasteiger partial charge in [-0.2, -0.15) is 0 Å². The molecule has 4 rings (SSSR count). The third-order valence-corrected chi connectivity index (χ3v) is 5.78. The van der Waals surface area contributed by atoms with Crippen molar-refractivity contribution in [3.8, 4) is 11.1 Å². The van der Waals surface area contributed by atoms with E-state index >= 15 is 0 Å². The van der Waals surface area contributed by atoms with Gasteiger partial charge < -0.3 is 24.8 Å². The van der Waals surface area contributed by atoms with Gasteiger partial charge in [0.05, 0.1) is 13.7 Å². The molecule has 0 aromatic heterocycles. The molecule has 0 spiro atoms. The molecule has 0 heterocycles. The highest BCUT2D eigenvalue weighted by Gasteiger charge is 2.30. The van der Waals surface area contributed by atoms with Crippen molar-refractivity contribution in [2.45, 2.75) is 18.6 Å². The Morgan fingerprint density at radius 2 is 1.40 bits per heavy atom. The van der Waals surface area contributed by atoms with Gasteiger partial charge in [0.15, 0.2) is 0 Å². The number of hydrogen-bond donors (Lipinski definition) is 2. The van der Waals surface area contributed by atoms with E-state index < -0.39 is 24.2 Å². The first kappa shape index (κ1) is 23.8. The summed E-state index contributed by atoms with van der Waals surface area (Å²) in [7, 11) is 1.20. The molecular weight excluding hydrogens is 448 g/mol. The molecule has 1 aliphatic carbocycles. The molecule has 180 valence electrons. The highest BCUT2D eigenvalue weighted by Crippen LogP contribution is 2.44. The number of esters is 1. The lowest BCUT2D eigenvalue weighted by molar-refractivity contribution is -0.142. The first-order valence-electron chi connectivity index (χ1n) is 11.2. The smallest absolute Gasteiger partial charge is 0.407 e. The van der Waals surface area contributed by atoms with E-state index in [0.29, 0.717) is 0 Å². The molecule has 0 unspecified atom stereocenters. The summed E-state index contributed by atoms with van der Waals surface area (Å²) >= 11 is 0. The lowest BCUT2D eigenvalue weighted by Gasteiger charge is -2.19. The Morgan fingerprint density at radius 3 is 2.03 bits per heavy atom. The number of carbonyl (C=O) groups is 3. The first-order valence-corrected chi connectivity index (χ1v) is 11.2. The number of benzene rings is 3. The van der Waals surface area contributed by atoms with Crippen LogP contribution in [0.1, 0.15) is 22.6 Å². The van der Waals surface area contributed by atoms with Gasteiger partial charge in [0.2, 0.25) is 0 Å². The number of amides is 2. The quantitative estimate of drug-likeness (QED) is 0.378. The molecule has 35 heavy (non-hydrogen) atoms. The van der Waals surface area contributed by atoms with Gasteiger partial charge in [-0.15, -0.1) is 0 Å². The van der Waals surface area contributed by atoms with Crippen molar-refractivity contribution < 1.29 is 28.6 Å². The Labute approximate surface area is 203 Å². The van der Waals surface area contributed by atoms with Crippen LogP contribution in [0.5, 0.6) is 0 Å². The average molecular weight is 475 g/mol. The minimum absolute atomic E-state index is 0.0787. The monoisotopic (exact) mass is 474 g/mol. The van der Waals surface area contributed by atoms with Crippen LogP contribution < -0.4 is 10.6 Å². The van der Waals surface area contributed by atoms with E-state index in [0.717, 1.165) is 27.8 Å². The fraction of sp³-hybridized carbons (Fsp3) is 0.222. The highest BCUT2D eigenvalue weighted by molar-refractivity contribution is 5.82. The maximum atomic E-state index is 12.5. The number of fused-ring (bicyclic) bond motifs is 3. The van der Waals surface area contributed by atoms with Crippen LogP contribution in [-0.2, 0) is 25.6 Å². The lowest BCUT2D eigenvalue weighted by atomic mass is 9.98. The van der Waals surface area contributed by atoms with Crippen molar-refractivity contribution in [1.29, 1.82) is 0 Å². The molecular formula is C27H26N2O6. The third-order valence-electron chi connectivity index (χ3n) is 5.78. The molecule has 0 radical (unpaired) electrons. The highest BCUT2D eigenvalue weighted by atomic mass is 16.6. The number of carbonyl (C=O) groups excluding carboxylic acids is 3. The molecule has 3 aromatic rings. The second-order valence-corrected chi connectivity index (χ2v) is 7.99. The Hall–Kier alpha value is -4.33. The van der Waals surface area contributed by atoms with Crippen molar-refractivity contribution in [3.05, 3.63) is 95.6 Å². The number of methoxy groups -OCH3 is 1. The SMILES string of the molecule is COC(=O)[C@H](CNC(=O)OCc1ccccc1)NC(=O)OCC1c2ccccc2-c2ccccc21. The van der Waals surface area contributed by atoms with Gasteiger partial charge >= 0.3 is 18.2 Å². The maximum absolute atomic E-state index is 12.5. The van der Waals surface area contributed by atoms with Crippen molar-refractivity contribution in [2.75, 3.05) is 20.3 Å². The van der Waals surface area contributed by atoms with E-state index in [9.17, 15) is 14.4 Å². The summed E-state index contributed by atoms with van der Waals surface area (Å²) in [4.78, 5) is 36.7. The molecule has 0 saturated carbocycles. The van der Waals surface area contributed by atoms with Crippen LogP contribution in [0.2, 0.25) is 0 Å². The number of ether oxygens (including phenoxy) is 3. The van der Waals surface area contributed by atoms with E-state index in [4.69, 9.17) is 14.2 Å². The Morgan fingerprint density at radius 1 is 0.800 bits per heavy atom. The first-order chi connectivity index (χ1) is 17.1. The summed E-state index contributed by atoms with van der Waals surface area (Å²) in [6, 6.07) is 24.0. The van der Waals surface area contributed by atoms with Crippen LogP contribution in [0.15, 0.2) is 78.9 Å². The van der Waals surface area contributed by atoms with Gasteiger partial charge in [-0.3, -0.25) is 0 Å². The summed E-state index contributed by atoms with van der Waals surface area (Å²) in [5, 5.41) is 4.93. The zero-order chi connectivity index (χ0) is 24.6. The Bertz CT molecular complexity index is 1150. The van der Waals surface area contributed by atoms with E-state index in [2.05, 4.69) is 10.6 Å². The molecule has 8 nitrogen and oxygen atoms in total. The minimum atomic E-state index is -1.14. The number of alkyl carbamates (subject to hydrolysis) is 2. The molecule has 2 amide bonds. The standard InChI is InChI=1S/C27H26N2O6/c1-33-25(30)24(15-28-26(31)34-16-18-9-3-2-4-10-18)29-27(32)35-17-23-21-13-7-5-11-19(21)20-12-6-8-14-22(20)23/h2-14,23-24H,15-17H2,1H3,(H,28,31)(H,29,32)/t24-/m0/s1. The van der Waals surface area contributed by atoms with Gasteiger partial charge in [0.1, 0.15) is 19.3 Å². The summed E-state index contributed by atoms with van der Waals surface area (Å²) in [5.74, 6) is -0.835. The van der Waals surface area contributed by atoms with Crippen LogP contribution in [0, 0.1) is 0 Å². The predicted molar refractivity (Wildman–Crippen MR) is 129 cm³/mol. The fourth-order valence-electron chi connectivity index (χ4n) is 4.08. The Kier molecular flexibility index (Phi) is 7.62. The second-order valence-electron chi connectivity index (χ2n) is 7.99. The molecule has 1 atom stereocenters. The second kappa shape index (κ2) is 11.2. The number of nitrogens with one attached hydrogen (secondary N) is 2. The maximum Gasteiger partial charge on any atom is 0.407 e. The van der Waals surface area contributed by atoms with Gasteiger partial charge in [-0.25, -0.2) is 14.4 Å². The summed E-state index contributed by atoms with van der Waals surface area (Å²) in [6.07, 6.45) is -1.51. The van der Waals surface area contributed by atoms with Crippen LogP contribution >= 0.6 is 0 Å². The molecule has 0 fully saturated rings. The van der Waals surface area contributed by atoms with Crippen LogP contribution in [0.3, 0.4) is 0 Å². The molecule has 0 aliphatic heterocycles.